The van der Waals surface area contributed by atoms with Gasteiger partial charge in [-0.15, -0.1) is 0 Å². The van der Waals surface area contributed by atoms with Crippen LogP contribution < -0.4 is 9.47 Å². The van der Waals surface area contributed by atoms with E-state index >= 15 is 0 Å². The first-order valence-corrected chi connectivity index (χ1v) is 7.27. The molecule has 0 radical (unpaired) electrons. The Bertz CT molecular complexity index is 708. The molecule has 0 aliphatic rings. The van der Waals surface area contributed by atoms with Crippen LogP contribution in [0.5, 0.6) is 17.4 Å². The van der Waals surface area contributed by atoms with Crippen LogP contribution >= 0.6 is 11.6 Å². The van der Waals surface area contributed by atoms with E-state index in [2.05, 4.69) is 4.98 Å². The SMILES string of the molecule is CCOC(=O)COc1ccccc1Oc1nc(C)c(F)cc1Cl. The van der Waals surface area contributed by atoms with Gasteiger partial charge < -0.3 is 14.2 Å². The number of carbonyl (C=O) groups excluding carboxylic acids is 1. The standard InChI is InChI=1S/C16H15ClFNO4/c1-3-21-15(20)9-22-13-6-4-5-7-14(13)23-16-11(17)8-12(18)10(2)19-16/h4-8H,3,9H2,1-2H3. The zero-order valence-electron chi connectivity index (χ0n) is 12.6. The second-order valence-electron chi connectivity index (χ2n) is 4.49. The molecule has 0 amide bonds. The minimum atomic E-state index is -0.519. The van der Waals surface area contributed by atoms with E-state index in [1.54, 1.807) is 31.2 Å². The molecule has 0 unspecified atom stereocenters. The molecule has 0 aliphatic carbocycles. The molecular weight excluding hydrogens is 325 g/mol. The van der Waals surface area contributed by atoms with E-state index in [-0.39, 0.29) is 29.8 Å². The fourth-order valence-corrected chi connectivity index (χ4v) is 1.88. The van der Waals surface area contributed by atoms with Gasteiger partial charge in [0.05, 0.1) is 12.3 Å². The number of benzene rings is 1. The number of rotatable bonds is 6. The zero-order chi connectivity index (χ0) is 16.8. The number of aromatic nitrogens is 1. The molecule has 2 rings (SSSR count). The molecule has 0 spiro atoms. The fourth-order valence-electron chi connectivity index (χ4n) is 1.71. The van der Waals surface area contributed by atoms with Gasteiger partial charge in [-0.2, -0.15) is 0 Å². The molecule has 2 aromatic rings. The van der Waals surface area contributed by atoms with E-state index in [1.807, 2.05) is 0 Å². The van der Waals surface area contributed by atoms with E-state index in [0.29, 0.717) is 11.5 Å². The van der Waals surface area contributed by atoms with E-state index in [0.717, 1.165) is 6.07 Å². The normalized spacial score (nSPS) is 10.3. The van der Waals surface area contributed by atoms with Crippen molar-refractivity contribution in [3.8, 4) is 17.4 Å². The van der Waals surface area contributed by atoms with Gasteiger partial charge in [-0.1, -0.05) is 23.7 Å². The number of esters is 1. The van der Waals surface area contributed by atoms with Crippen molar-refractivity contribution < 1.29 is 23.4 Å². The number of nitrogens with zero attached hydrogens (tertiary/aromatic N) is 1. The lowest BCUT2D eigenvalue weighted by molar-refractivity contribution is -0.145. The van der Waals surface area contributed by atoms with E-state index < -0.39 is 11.8 Å². The van der Waals surface area contributed by atoms with Gasteiger partial charge in [0.1, 0.15) is 10.8 Å². The summed E-state index contributed by atoms with van der Waals surface area (Å²) in [5, 5.41) is 0.0355. The van der Waals surface area contributed by atoms with E-state index in [4.69, 9.17) is 25.8 Å². The van der Waals surface area contributed by atoms with Crippen molar-refractivity contribution in [1.82, 2.24) is 4.98 Å². The Morgan fingerprint density at radius 1 is 1.30 bits per heavy atom. The Hall–Kier alpha value is -2.34. The quantitative estimate of drug-likeness (QED) is 0.747. The third-order valence-corrected chi connectivity index (χ3v) is 3.05. The Balaban J connectivity index is 2.17. The second-order valence-corrected chi connectivity index (χ2v) is 4.89. The molecule has 0 fully saturated rings. The van der Waals surface area contributed by atoms with Crippen molar-refractivity contribution in [2.75, 3.05) is 13.2 Å². The maximum absolute atomic E-state index is 13.4. The van der Waals surface area contributed by atoms with Crippen LogP contribution in [0.15, 0.2) is 30.3 Å². The molecule has 1 aromatic heterocycles. The predicted molar refractivity (Wildman–Crippen MR) is 82.6 cm³/mol. The summed E-state index contributed by atoms with van der Waals surface area (Å²) in [5.41, 5.74) is 0.161. The number of hydrogen-bond donors (Lipinski definition) is 0. The average molecular weight is 340 g/mol. The van der Waals surface area contributed by atoms with E-state index in [9.17, 15) is 9.18 Å². The summed E-state index contributed by atoms with van der Waals surface area (Å²) in [6.07, 6.45) is 0. The lowest BCUT2D eigenvalue weighted by atomic mass is 10.3. The number of pyridine rings is 1. The largest absolute Gasteiger partial charge is 0.478 e. The summed E-state index contributed by atoms with van der Waals surface area (Å²) < 4.78 is 29.1. The molecule has 0 N–H and O–H groups in total. The summed E-state index contributed by atoms with van der Waals surface area (Å²) in [6.45, 7) is 3.23. The molecule has 0 atom stereocenters. The molecule has 5 nitrogen and oxygen atoms in total. The maximum Gasteiger partial charge on any atom is 0.344 e. The summed E-state index contributed by atoms with van der Waals surface area (Å²) in [5.74, 6) is -0.333. The van der Waals surface area contributed by atoms with Crippen LogP contribution in [0, 0.1) is 12.7 Å². The van der Waals surface area contributed by atoms with Crippen LogP contribution in [0.1, 0.15) is 12.6 Å². The minimum absolute atomic E-state index is 0.0355. The number of halogens is 2. The van der Waals surface area contributed by atoms with Crippen molar-refractivity contribution in [1.29, 1.82) is 0 Å². The first-order chi connectivity index (χ1) is 11.0. The maximum atomic E-state index is 13.4. The van der Waals surface area contributed by atoms with Crippen molar-refractivity contribution in [3.05, 3.63) is 46.9 Å². The van der Waals surface area contributed by atoms with E-state index in [1.165, 1.54) is 6.92 Å². The van der Waals surface area contributed by atoms with Gasteiger partial charge in [0, 0.05) is 0 Å². The molecule has 1 aromatic carbocycles. The lowest BCUT2D eigenvalue weighted by Crippen LogP contribution is -2.14. The zero-order valence-corrected chi connectivity index (χ0v) is 13.4. The molecule has 0 saturated carbocycles. The van der Waals surface area contributed by atoms with Crippen molar-refractivity contribution in [2.45, 2.75) is 13.8 Å². The Labute approximate surface area is 138 Å². The van der Waals surface area contributed by atoms with Gasteiger partial charge >= 0.3 is 5.97 Å². The molecule has 23 heavy (non-hydrogen) atoms. The molecule has 0 aliphatic heterocycles. The number of para-hydroxylation sites is 2. The topological polar surface area (TPSA) is 57.7 Å². The van der Waals surface area contributed by atoms with Gasteiger partial charge in [-0.25, -0.2) is 14.2 Å². The Morgan fingerprint density at radius 2 is 2.00 bits per heavy atom. The molecule has 7 heteroatoms. The monoisotopic (exact) mass is 339 g/mol. The summed E-state index contributed by atoms with van der Waals surface area (Å²) in [6, 6.07) is 7.81. The highest BCUT2D eigenvalue weighted by Gasteiger charge is 2.13. The highest BCUT2D eigenvalue weighted by Crippen LogP contribution is 2.34. The minimum Gasteiger partial charge on any atom is -0.478 e. The van der Waals surface area contributed by atoms with Gasteiger partial charge in [0.25, 0.3) is 0 Å². The van der Waals surface area contributed by atoms with Gasteiger partial charge in [-0.05, 0) is 32.0 Å². The smallest absolute Gasteiger partial charge is 0.344 e. The summed E-state index contributed by atoms with van der Waals surface area (Å²) >= 11 is 5.93. The first-order valence-electron chi connectivity index (χ1n) is 6.89. The number of ether oxygens (including phenoxy) is 3. The van der Waals surface area contributed by atoms with Gasteiger partial charge in [0.15, 0.2) is 18.1 Å². The molecule has 122 valence electrons. The van der Waals surface area contributed by atoms with Crippen molar-refractivity contribution in [3.63, 3.8) is 0 Å². The molecule has 1 heterocycles. The van der Waals surface area contributed by atoms with Gasteiger partial charge in [-0.3, -0.25) is 0 Å². The van der Waals surface area contributed by atoms with Crippen molar-refractivity contribution >= 4 is 17.6 Å². The molecule has 0 saturated heterocycles. The molecule has 0 bridgehead atoms. The second kappa shape index (κ2) is 7.78. The van der Waals surface area contributed by atoms with Gasteiger partial charge in [0.2, 0.25) is 5.88 Å². The number of hydrogen-bond acceptors (Lipinski definition) is 5. The number of carbonyl (C=O) groups is 1. The van der Waals surface area contributed by atoms with Crippen LogP contribution in [0.2, 0.25) is 5.02 Å². The highest BCUT2D eigenvalue weighted by atomic mass is 35.5. The van der Waals surface area contributed by atoms with Crippen molar-refractivity contribution in [2.24, 2.45) is 0 Å². The highest BCUT2D eigenvalue weighted by molar-refractivity contribution is 6.31. The average Bonchev–Trinajstić information content (AvgIpc) is 2.52. The lowest BCUT2D eigenvalue weighted by Gasteiger charge is -2.12. The van der Waals surface area contributed by atoms with Crippen LogP contribution in [0.25, 0.3) is 0 Å². The third-order valence-electron chi connectivity index (χ3n) is 2.78. The Morgan fingerprint density at radius 3 is 2.70 bits per heavy atom. The van der Waals surface area contributed by atoms with Crippen LogP contribution in [0.3, 0.4) is 0 Å². The van der Waals surface area contributed by atoms with Crippen LogP contribution in [0.4, 0.5) is 4.39 Å². The first kappa shape index (κ1) is 17.0. The number of aryl methyl sites for hydroxylation is 1. The molecular formula is C16H15ClFNO4. The predicted octanol–water partition coefficient (Wildman–Crippen LogP) is 3.92. The summed E-state index contributed by atoms with van der Waals surface area (Å²) in [7, 11) is 0. The van der Waals surface area contributed by atoms with Crippen LogP contribution in [-0.4, -0.2) is 24.2 Å². The van der Waals surface area contributed by atoms with Crippen LogP contribution in [-0.2, 0) is 9.53 Å². The fraction of sp³-hybridized carbons (Fsp3) is 0.250. The third kappa shape index (κ3) is 4.56. The Kier molecular flexibility index (Phi) is 5.76. The summed E-state index contributed by atoms with van der Waals surface area (Å²) in [4.78, 5) is 15.3.